The van der Waals surface area contributed by atoms with Crippen molar-refractivity contribution in [3.05, 3.63) is 217 Å². The van der Waals surface area contributed by atoms with Crippen molar-refractivity contribution in [2.24, 2.45) is 0 Å². The number of benzene rings is 6. The first-order valence-electron chi connectivity index (χ1n) is 18.9. The molecular formula is C51H38N4. The van der Waals surface area contributed by atoms with E-state index in [9.17, 15) is 0 Å². The summed E-state index contributed by atoms with van der Waals surface area (Å²) in [5.74, 6) is 0.938. The van der Waals surface area contributed by atoms with Gasteiger partial charge in [-0.05, 0) is 76.7 Å². The van der Waals surface area contributed by atoms with Crippen molar-refractivity contribution in [3.63, 3.8) is 0 Å². The molecule has 4 heteroatoms. The van der Waals surface area contributed by atoms with Crippen LogP contribution >= 0.6 is 0 Å². The van der Waals surface area contributed by atoms with Gasteiger partial charge in [0.15, 0.2) is 0 Å². The smallest absolute Gasteiger partial charge is 0.145 e. The molecule has 262 valence electrons. The fraction of sp³-hybridized carbons (Fsp3) is 0.0588. The van der Waals surface area contributed by atoms with Crippen LogP contribution in [0.1, 0.15) is 30.0 Å². The molecule has 0 saturated heterocycles. The van der Waals surface area contributed by atoms with Gasteiger partial charge in [0.05, 0.1) is 22.4 Å². The lowest BCUT2D eigenvalue weighted by atomic mass is 9.70. The van der Waals surface area contributed by atoms with Crippen LogP contribution in [0.4, 0.5) is 0 Å². The Balaban J connectivity index is 1.10. The lowest BCUT2D eigenvalue weighted by molar-refractivity contribution is 0.611. The fourth-order valence-corrected chi connectivity index (χ4v) is 8.24. The minimum absolute atomic E-state index is 0.303. The minimum atomic E-state index is -0.303. The topological polar surface area (TPSA) is 35.1 Å². The molecule has 10 rings (SSSR count). The second kappa shape index (κ2) is 13.4. The first-order chi connectivity index (χ1) is 27.1. The lowest BCUT2D eigenvalue weighted by Gasteiger charge is -2.33. The lowest BCUT2D eigenvalue weighted by Crippen LogP contribution is -2.23. The van der Waals surface area contributed by atoms with Crippen molar-refractivity contribution in [1.29, 1.82) is 0 Å². The van der Waals surface area contributed by atoms with Crippen LogP contribution in [0.25, 0.3) is 67.4 Å². The summed E-state index contributed by atoms with van der Waals surface area (Å²) in [5, 5.41) is 0. The highest BCUT2D eigenvalue weighted by Gasteiger charge is 2.31. The SMILES string of the molecule is CC1(c2cccc(-n3c(-c4ccccc4)nc4ccccc43)c2)C=C(c2ccccc2)C=C(c2cccc(-c3c(-c4ccccc4)nc4ccccn34)c2)C1. The van der Waals surface area contributed by atoms with E-state index in [1.807, 2.05) is 0 Å². The summed E-state index contributed by atoms with van der Waals surface area (Å²) in [5.41, 5.74) is 15.4. The van der Waals surface area contributed by atoms with Crippen LogP contribution in [0.2, 0.25) is 0 Å². The van der Waals surface area contributed by atoms with E-state index in [4.69, 9.17) is 9.97 Å². The number of hydrogen-bond donors (Lipinski definition) is 0. The molecule has 0 spiro atoms. The summed E-state index contributed by atoms with van der Waals surface area (Å²) in [6.45, 7) is 2.38. The highest BCUT2D eigenvalue weighted by molar-refractivity contribution is 5.90. The highest BCUT2D eigenvalue weighted by Crippen LogP contribution is 2.45. The van der Waals surface area contributed by atoms with E-state index >= 15 is 0 Å². The van der Waals surface area contributed by atoms with Crippen LogP contribution in [-0.4, -0.2) is 18.9 Å². The van der Waals surface area contributed by atoms with Gasteiger partial charge in [-0.3, -0.25) is 8.97 Å². The quantitative estimate of drug-likeness (QED) is 0.165. The standard InChI is InChI=1S/C51H38N4/c1-51(43-25-16-26-44(33-43)55-46-28-12-11-27-45(46)52-50(55)38-21-9-4-10-22-38)34-41(36-17-5-2-6-18-36)32-42(35-51)39-23-15-24-40(31-39)49-48(37-19-7-3-8-20-37)53-47-29-13-14-30-54(47)49/h2-34H,35H2,1H3. The Labute approximate surface area is 321 Å². The number of allylic oxidation sites excluding steroid dienone is 4. The van der Waals surface area contributed by atoms with E-state index in [2.05, 4.69) is 216 Å². The molecule has 0 saturated carbocycles. The molecule has 1 unspecified atom stereocenters. The molecule has 9 aromatic rings. The van der Waals surface area contributed by atoms with Gasteiger partial charge in [-0.25, -0.2) is 9.97 Å². The third kappa shape index (κ3) is 5.89. The van der Waals surface area contributed by atoms with Crippen LogP contribution in [0, 0.1) is 0 Å². The maximum Gasteiger partial charge on any atom is 0.145 e. The highest BCUT2D eigenvalue weighted by atomic mass is 15.1. The first-order valence-corrected chi connectivity index (χ1v) is 18.9. The van der Waals surface area contributed by atoms with Gasteiger partial charge < -0.3 is 0 Å². The molecule has 3 aromatic heterocycles. The van der Waals surface area contributed by atoms with Crippen LogP contribution in [-0.2, 0) is 5.41 Å². The second-order valence-corrected chi connectivity index (χ2v) is 14.6. The predicted molar refractivity (Wildman–Crippen MR) is 227 cm³/mol. The average Bonchev–Trinajstić information content (AvgIpc) is 3.84. The number of aromatic nitrogens is 4. The molecule has 1 atom stereocenters. The van der Waals surface area contributed by atoms with Crippen LogP contribution < -0.4 is 0 Å². The van der Waals surface area contributed by atoms with Gasteiger partial charge >= 0.3 is 0 Å². The number of imidazole rings is 2. The van der Waals surface area contributed by atoms with Crippen molar-refractivity contribution >= 4 is 27.8 Å². The van der Waals surface area contributed by atoms with Crippen LogP contribution in [0.15, 0.2) is 200 Å². The summed E-state index contributed by atoms with van der Waals surface area (Å²) < 4.78 is 4.52. The summed E-state index contributed by atoms with van der Waals surface area (Å²) in [6.07, 6.45) is 7.81. The average molecular weight is 707 g/mol. The first kappa shape index (κ1) is 32.6. The summed E-state index contributed by atoms with van der Waals surface area (Å²) in [6, 6.07) is 64.5. The third-order valence-corrected chi connectivity index (χ3v) is 10.9. The summed E-state index contributed by atoms with van der Waals surface area (Å²) in [4.78, 5) is 10.3. The number of fused-ring (bicyclic) bond motifs is 2. The third-order valence-electron chi connectivity index (χ3n) is 10.9. The second-order valence-electron chi connectivity index (χ2n) is 14.6. The van der Waals surface area contributed by atoms with Gasteiger partial charge in [-0.1, -0.05) is 159 Å². The monoisotopic (exact) mass is 706 g/mol. The van der Waals surface area contributed by atoms with Crippen molar-refractivity contribution in [3.8, 4) is 39.6 Å². The largest absolute Gasteiger partial charge is 0.299 e. The zero-order valence-electron chi connectivity index (χ0n) is 30.5. The zero-order chi connectivity index (χ0) is 36.8. The molecule has 0 fully saturated rings. The Bertz CT molecular complexity index is 2900. The van der Waals surface area contributed by atoms with Gasteiger partial charge in [-0.2, -0.15) is 0 Å². The normalized spacial score (nSPS) is 15.6. The predicted octanol–water partition coefficient (Wildman–Crippen LogP) is 12.5. The van der Waals surface area contributed by atoms with Gasteiger partial charge in [0.25, 0.3) is 0 Å². The maximum absolute atomic E-state index is 5.13. The number of pyridine rings is 1. The molecule has 0 bridgehead atoms. The molecule has 55 heavy (non-hydrogen) atoms. The van der Waals surface area contributed by atoms with Crippen molar-refractivity contribution in [2.45, 2.75) is 18.8 Å². The van der Waals surface area contributed by atoms with E-state index in [0.717, 1.165) is 62.7 Å². The molecule has 0 N–H and O–H groups in total. The molecule has 3 heterocycles. The van der Waals surface area contributed by atoms with Gasteiger partial charge in [-0.15, -0.1) is 0 Å². The Morgan fingerprint density at radius 2 is 1.20 bits per heavy atom. The van der Waals surface area contributed by atoms with Crippen LogP contribution in [0.5, 0.6) is 0 Å². The molecule has 0 radical (unpaired) electrons. The Kier molecular flexibility index (Phi) is 7.96. The van der Waals surface area contributed by atoms with E-state index in [1.54, 1.807) is 0 Å². The number of rotatable bonds is 7. The van der Waals surface area contributed by atoms with E-state index in [-0.39, 0.29) is 5.41 Å². The summed E-state index contributed by atoms with van der Waals surface area (Å²) >= 11 is 0. The van der Waals surface area contributed by atoms with Gasteiger partial charge in [0.1, 0.15) is 11.5 Å². The molecule has 1 aliphatic carbocycles. The van der Waals surface area contributed by atoms with E-state index in [1.165, 1.54) is 27.8 Å². The molecular weight excluding hydrogens is 669 g/mol. The number of para-hydroxylation sites is 2. The molecule has 0 aliphatic heterocycles. The van der Waals surface area contributed by atoms with Crippen LogP contribution in [0.3, 0.4) is 0 Å². The van der Waals surface area contributed by atoms with E-state index in [0.29, 0.717) is 0 Å². The van der Waals surface area contributed by atoms with Crippen molar-refractivity contribution < 1.29 is 0 Å². The van der Waals surface area contributed by atoms with E-state index < -0.39 is 0 Å². The fourth-order valence-electron chi connectivity index (χ4n) is 8.24. The van der Waals surface area contributed by atoms with Crippen molar-refractivity contribution in [2.75, 3.05) is 0 Å². The Morgan fingerprint density at radius 1 is 0.545 bits per heavy atom. The minimum Gasteiger partial charge on any atom is -0.299 e. The van der Waals surface area contributed by atoms with Gasteiger partial charge in [0, 0.05) is 34.0 Å². The number of hydrogen-bond acceptors (Lipinski definition) is 2. The molecule has 6 aromatic carbocycles. The Hall–Kier alpha value is -7.04. The molecule has 1 aliphatic rings. The maximum atomic E-state index is 5.13. The molecule has 4 nitrogen and oxygen atoms in total. The number of nitrogens with zero attached hydrogens (tertiary/aromatic N) is 4. The molecule has 0 amide bonds. The van der Waals surface area contributed by atoms with Crippen molar-refractivity contribution in [1.82, 2.24) is 18.9 Å². The summed E-state index contributed by atoms with van der Waals surface area (Å²) in [7, 11) is 0. The Morgan fingerprint density at radius 3 is 2.00 bits per heavy atom. The zero-order valence-corrected chi connectivity index (χ0v) is 30.5. The van der Waals surface area contributed by atoms with Gasteiger partial charge in [0.2, 0.25) is 0 Å².